The van der Waals surface area contributed by atoms with Crippen molar-refractivity contribution in [1.82, 2.24) is 9.88 Å². The zero-order chi connectivity index (χ0) is 22.9. The normalized spacial score (nSPS) is 19.0. The lowest BCUT2D eigenvalue weighted by atomic mass is 10.1. The minimum Gasteiger partial charge on any atom is -0.450 e. The van der Waals surface area contributed by atoms with Gasteiger partial charge >= 0.3 is 6.16 Å². The maximum atomic E-state index is 15.4. The van der Waals surface area contributed by atoms with Gasteiger partial charge in [-0.2, -0.15) is 0 Å². The molecular formula is C20H24F2N4O5. The maximum absolute atomic E-state index is 15.4. The summed E-state index contributed by atoms with van der Waals surface area (Å²) in [7, 11) is 0. The smallest absolute Gasteiger partial charge is 0.450 e. The van der Waals surface area contributed by atoms with Gasteiger partial charge in [0, 0.05) is 37.4 Å². The summed E-state index contributed by atoms with van der Waals surface area (Å²) >= 11 is 0. The summed E-state index contributed by atoms with van der Waals surface area (Å²) in [5.41, 5.74) is 5.18. The number of hydrogen-bond donors (Lipinski definition) is 4. The summed E-state index contributed by atoms with van der Waals surface area (Å²) in [5.74, 6) is -1.76. The second-order valence-corrected chi connectivity index (χ2v) is 7.75. The number of carbonyl (C=O) groups excluding carboxylic acids is 1. The van der Waals surface area contributed by atoms with Crippen molar-refractivity contribution >= 4 is 28.7 Å². The van der Waals surface area contributed by atoms with Gasteiger partial charge in [0.15, 0.2) is 11.2 Å². The number of benzene rings is 1. The van der Waals surface area contributed by atoms with E-state index >= 15 is 4.39 Å². The molecule has 1 aromatic carbocycles. The lowest BCUT2D eigenvalue weighted by molar-refractivity contribution is -0.122. The molecule has 0 bridgehead atoms. The number of nitrogens with two attached hydrogens (primary N) is 1. The zero-order valence-corrected chi connectivity index (χ0v) is 16.8. The number of hydrogen-bond acceptors (Lipinski definition) is 5. The molecule has 4 rings (SSSR count). The highest BCUT2D eigenvalue weighted by Gasteiger charge is 2.32. The van der Waals surface area contributed by atoms with Gasteiger partial charge in [-0.15, -0.1) is 0 Å². The molecule has 1 aliphatic carbocycles. The van der Waals surface area contributed by atoms with Crippen molar-refractivity contribution in [2.45, 2.75) is 44.3 Å². The topological polar surface area (TPSA) is 138 Å². The number of amides is 1. The molecule has 2 aliphatic rings. The van der Waals surface area contributed by atoms with Crippen molar-refractivity contribution < 1.29 is 28.6 Å². The van der Waals surface area contributed by atoms with Crippen LogP contribution in [0, 0.1) is 11.6 Å². The standard InChI is InChI=1S/C19H22F2N4O2.CH2O3/c1-10(22)19(27)23-11-4-6-24(9-11)18-14(20)8-13-15(26)5-7-25(12-2-3-12)17(13)16(18)21;2-1(3)4/h5,7-8,10-12H,2-4,6,9,22H2,1H3,(H,23,27);(H2,2,3,4). The van der Waals surface area contributed by atoms with Crippen molar-refractivity contribution in [3.05, 3.63) is 40.2 Å². The lowest BCUT2D eigenvalue weighted by Gasteiger charge is -2.22. The largest absolute Gasteiger partial charge is 0.503 e. The molecule has 1 aliphatic heterocycles. The van der Waals surface area contributed by atoms with E-state index in [0.717, 1.165) is 18.9 Å². The van der Waals surface area contributed by atoms with E-state index in [4.69, 9.17) is 20.7 Å². The fourth-order valence-corrected chi connectivity index (χ4v) is 3.71. The van der Waals surface area contributed by atoms with E-state index in [2.05, 4.69) is 5.32 Å². The van der Waals surface area contributed by atoms with Crippen LogP contribution in [-0.2, 0) is 4.79 Å². The zero-order valence-electron chi connectivity index (χ0n) is 16.8. The number of fused-ring (bicyclic) bond motifs is 1. The number of carbonyl (C=O) groups is 2. The third kappa shape index (κ3) is 4.93. The average Bonchev–Trinajstić information content (AvgIpc) is 3.42. The van der Waals surface area contributed by atoms with Gasteiger partial charge in [0.25, 0.3) is 0 Å². The van der Waals surface area contributed by atoms with E-state index in [1.165, 1.54) is 6.07 Å². The quantitative estimate of drug-likeness (QED) is 0.572. The van der Waals surface area contributed by atoms with E-state index in [9.17, 15) is 14.0 Å². The minimum absolute atomic E-state index is 0.0594. The Kier molecular flexibility index (Phi) is 6.44. The molecule has 1 saturated carbocycles. The first kappa shape index (κ1) is 22.5. The number of aromatic nitrogens is 1. The fourth-order valence-electron chi connectivity index (χ4n) is 3.71. The summed E-state index contributed by atoms with van der Waals surface area (Å²) in [4.78, 5) is 34.0. The van der Waals surface area contributed by atoms with Crippen molar-refractivity contribution in [2.24, 2.45) is 5.73 Å². The predicted molar refractivity (Wildman–Crippen MR) is 109 cm³/mol. The first-order valence-corrected chi connectivity index (χ1v) is 9.85. The molecule has 2 fully saturated rings. The van der Waals surface area contributed by atoms with Crippen molar-refractivity contribution in [1.29, 1.82) is 0 Å². The molecular weight excluding hydrogens is 414 g/mol. The Morgan fingerprint density at radius 1 is 1.26 bits per heavy atom. The summed E-state index contributed by atoms with van der Waals surface area (Å²) in [6.45, 7) is 2.28. The highest BCUT2D eigenvalue weighted by molar-refractivity contribution is 5.85. The molecule has 0 spiro atoms. The predicted octanol–water partition coefficient (Wildman–Crippen LogP) is 1.88. The molecule has 31 heavy (non-hydrogen) atoms. The monoisotopic (exact) mass is 438 g/mol. The molecule has 2 aromatic rings. The SMILES string of the molecule is CC(N)C(=O)NC1CCN(c2c(F)cc3c(=O)ccn(C4CC4)c3c2F)C1.O=C(O)O. The van der Waals surface area contributed by atoms with E-state index < -0.39 is 29.3 Å². The number of nitrogens with zero attached hydrogens (tertiary/aromatic N) is 2. The van der Waals surface area contributed by atoms with Gasteiger partial charge in [0.05, 0.1) is 16.9 Å². The molecule has 1 aromatic heterocycles. The first-order chi connectivity index (χ1) is 14.6. The van der Waals surface area contributed by atoms with Gasteiger partial charge in [0.2, 0.25) is 5.91 Å². The Morgan fingerprint density at radius 2 is 1.90 bits per heavy atom. The van der Waals surface area contributed by atoms with Crippen LogP contribution in [0.3, 0.4) is 0 Å². The third-order valence-corrected chi connectivity index (χ3v) is 5.28. The van der Waals surface area contributed by atoms with Crippen molar-refractivity contribution in [2.75, 3.05) is 18.0 Å². The Labute approximate surface area is 176 Å². The number of carboxylic acid groups (broad SMARTS) is 2. The van der Waals surface area contributed by atoms with Crippen LogP contribution in [0.15, 0.2) is 23.1 Å². The van der Waals surface area contributed by atoms with E-state index in [1.54, 1.807) is 22.6 Å². The summed E-state index contributed by atoms with van der Waals surface area (Å²) in [6, 6.07) is 1.77. The molecule has 168 valence electrons. The highest BCUT2D eigenvalue weighted by Crippen LogP contribution is 2.39. The van der Waals surface area contributed by atoms with Gasteiger partial charge in [0.1, 0.15) is 11.5 Å². The van der Waals surface area contributed by atoms with Gasteiger partial charge in [-0.1, -0.05) is 0 Å². The van der Waals surface area contributed by atoms with Crippen LogP contribution >= 0.6 is 0 Å². The molecule has 0 radical (unpaired) electrons. The molecule has 2 unspecified atom stereocenters. The first-order valence-electron chi connectivity index (χ1n) is 9.85. The number of nitrogens with one attached hydrogen (secondary N) is 1. The molecule has 1 amide bonds. The second kappa shape index (κ2) is 8.88. The molecule has 5 N–H and O–H groups in total. The number of halogens is 2. The van der Waals surface area contributed by atoms with Crippen LogP contribution in [-0.4, -0.2) is 52.0 Å². The van der Waals surface area contributed by atoms with Gasteiger partial charge in [-0.25, -0.2) is 13.6 Å². The molecule has 2 atom stereocenters. The van der Waals surface area contributed by atoms with Crippen LogP contribution in [0.5, 0.6) is 0 Å². The Bertz CT molecular complexity index is 1060. The molecule has 9 nitrogen and oxygen atoms in total. The maximum Gasteiger partial charge on any atom is 0.503 e. The lowest BCUT2D eigenvalue weighted by Crippen LogP contribution is -2.45. The van der Waals surface area contributed by atoms with Crippen LogP contribution in [0.4, 0.5) is 19.3 Å². The number of pyridine rings is 1. The Morgan fingerprint density at radius 3 is 2.48 bits per heavy atom. The van der Waals surface area contributed by atoms with Crippen LogP contribution in [0.2, 0.25) is 0 Å². The van der Waals surface area contributed by atoms with Crippen LogP contribution < -0.4 is 21.4 Å². The van der Waals surface area contributed by atoms with E-state index in [0.29, 0.717) is 13.0 Å². The van der Waals surface area contributed by atoms with Gasteiger partial charge in [-0.3, -0.25) is 9.59 Å². The number of rotatable bonds is 4. The summed E-state index contributed by atoms with van der Waals surface area (Å²) in [5, 5.41) is 16.8. The van der Waals surface area contributed by atoms with Crippen molar-refractivity contribution in [3.63, 3.8) is 0 Å². The van der Waals surface area contributed by atoms with Gasteiger partial charge in [-0.05, 0) is 32.3 Å². The average molecular weight is 438 g/mol. The van der Waals surface area contributed by atoms with E-state index in [1.807, 2.05) is 0 Å². The highest BCUT2D eigenvalue weighted by atomic mass is 19.1. The Balaban J connectivity index is 0.000000628. The number of anilines is 1. The minimum atomic E-state index is -1.83. The van der Waals surface area contributed by atoms with E-state index in [-0.39, 0.29) is 41.1 Å². The van der Waals surface area contributed by atoms with Crippen LogP contribution in [0.1, 0.15) is 32.2 Å². The van der Waals surface area contributed by atoms with Crippen LogP contribution in [0.25, 0.3) is 10.9 Å². The third-order valence-electron chi connectivity index (χ3n) is 5.28. The molecule has 11 heteroatoms. The molecule has 2 heterocycles. The Hall–Kier alpha value is -3.21. The molecule has 1 saturated heterocycles. The summed E-state index contributed by atoms with van der Waals surface area (Å²) in [6.07, 6.45) is 2.15. The summed E-state index contributed by atoms with van der Waals surface area (Å²) < 4.78 is 31.9. The fraction of sp³-hybridized carbons (Fsp3) is 0.450. The second-order valence-electron chi connectivity index (χ2n) is 7.75. The van der Waals surface area contributed by atoms with Gasteiger partial charge < -0.3 is 30.7 Å². The van der Waals surface area contributed by atoms with Crippen molar-refractivity contribution in [3.8, 4) is 0 Å².